The second-order valence-electron chi connectivity index (χ2n) is 5.11. The van der Waals surface area contributed by atoms with Crippen molar-refractivity contribution in [3.63, 3.8) is 0 Å². The van der Waals surface area contributed by atoms with E-state index in [4.69, 9.17) is 18.0 Å². The summed E-state index contributed by atoms with van der Waals surface area (Å²) in [5.41, 5.74) is 7.62. The highest BCUT2D eigenvalue weighted by atomic mass is 32.2. The minimum absolute atomic E-state index is 0.421. The van der Waals surface area contributed by atoms with Crippen molar-refractivity contribution in [1.82, 2.24) is 9.78 Å². The molecule has 1 aromatic heterocycles. The molecule has 0 spiro atoms. The van der Waals surface area contributed by atoms with Crippen molar-refractivity contribution in [1.29, 1.82) is 0 Å². The molecular weight excluding hydrogens is 276 g/mol. The van der Waals surface area contributed by atoms with E-state index in [1.807, 2.05) is 30.4 Å². The zero-order valence-electron chi connectivity index (χ0n) is 11.8. The second-order valence-corrected chi connectivity index (χ2v) is 6.62. The van der Waals surface area contributed by atoms with E-state index in [2.05, 4.69) is 16.7 Å². The Balaban J connectivity index is 2.24. The fraction of sp³-hybridized carbons (Fsp3) is 0.692. The monoisotopic (exact) mass is 298 g/mol. The maximum Gasteiger partial charge on any atom is 0.134 e. The summed E-state index contributed by atoms with van der Waals surface area (Å²) in [6, 6.07) is 0.478. The van der Waals surface area contributed by atoms with Gasteiger partial charge in [0.15, 0.2) is 0 Å². The number of aryl methyl sites for hydroxylation is 2. The van der Waals surface area contributed by atoms with E-state index in [9.17, 15) is 0 Å². The normalized spacial score (nSPS) is 23.3. The van der Waals surface area contributed by atoms with Gasteiger partial charge in [0.2, 0.25) is 0 Å². The molecule has 106 valence electrons. The number of nitrogens with one attached hydrogen (secondary N) is 1. The average molecular weight is 298 g/mol. The summed E-state index contributed by atoms with van der Waals surface area (Å²) in [6.07, 6.45) is 7.28. The van der Waals surface area contributed by atoms with Gasteiger partial charge in [-0.1, -0.05) is 25.1 Å². The van der Waals surface area contributed by atoms with Crippen LogP contribution in [0.2, 0.25) is 0 Å². The Morgan fingerprint density at radius 3 is 2.79 bits per heavy atom. The first-order valence-electron chi connectivity index (χ1n) is 6.67. The quantitative estimate of drug-likeness (QED) is 0.836. The summed E-state index contributed by atoms with van der Waals surface area (Å²) >= 11 is 7.10. The molecule has 4 nitrogen and oxygen atoms in total. The van der Waals surface area contributed by atoms with Crippen LogP contribution < -0.4 is 11.1 Å². The molecule has 1 aliphatic carbocycles. The molecule has 2 atom stereocenters. The number of aromatic nitrogens is 2. The summed E-state index contributed by atoms with van der Waals surface area (Å²) in [5, 5.41) is 8.72. The molecule has 1 aliphatic rings. The number of hydrogen-bond donors (Lipinski definition) is 2. The maximum absolute atomic E-state index is 5.83. The molecule has 1 aromatic rings. The number of nitrogens with two attached hydrogens (primary N) is 1. The van der Waals surface area contributed by atoms with E-state index < -0.39 is 0 Å². The Labute approximate surface area is 124 Å². The van der Waals surface area contributed by atoms with Gasteiger partial charge in [0, 0.05) is 18.3 Å². The van der Waals surface area contributed by atoms with Crippen LogP contribution >= 0.6 is 24.0 Å². The van der Waals surface area contributed by atoms with Crippen LogP contribution in [0.5, 0.6) is 0 Å². The third-order valence-electron chi connectivity index (χ3n) is 3.80. The lowest BCUT2D eigenvalue weighted by atomic mass is 9.94. The molecule has 0 aliphatic heterocycles. The van der Waals surface area contributed by atoms with Crippen molar-refractivity contribution < 1.29 is 0 Å². The van der Waals surface area contributed by atoms with Crippen LogP contribution in [0.15, 0.2) is 0 Å². The number of rotatable bonds is 4. The van der Waals surface area contributed by atoms with Gasteiger partial charge < -0.3 is 11.1 Å². The topological polar surface area (TPSA) is 55.9 Å². The zero-order valence-corrected chi connectivity index (χ0v) is 13.4. The average Bonchev–Trinajstić information content (AvgIpc) is 2.65. The van der Waals surface area contributed by atoms with Crippen molar-refractivity contribution in [3.05, 3.63) is 11.3 Å². The predicted molar refractivity (Wildman–Crippen MR) is 87.0 cm³/mol. The van der Waals surface area contributed by atoms with E-state index in [-0.39, 0.29) is 0 Å². The van der Waals surface area contributed by atoms with Crippen molar-refractivity contribution in [2.45, 2.75) is 43.9 Å². The van der Waals surface area contributed by atoms with Crippen molar-refractivity contribution in [2.24, 2.45) is 12.8 Å². The smallest absolute Gasteiger partial charge is 0.134 e. The molecule has 0 saturated heterocycles. The van der Waals surface area contributed by atoms with Gasteiger partial charge in [0.1, 0.15) is 10.8 Å². The van der Waals surface area contributed by atoms with Crippen LogP contribution in [0.1, 0.15) is 36.9 Å². The molecule has 2 unspecified atom stereocenters. The minimum atomic E-state index is 0.421. The Morgan fingerprint density at radius 1 is 1.47 bits per heavy atom. The van der Waals surface area contributed by atoms with Gasteiger partial charge in [-0.3, -0.25) is 4.68 Å². The van der Waals surface area contributed by atoms with E-state index in [0.29, 0.717) is 16.3 Å². The van der Waals surface area contributed by atoms with Crippen molar-refractivity contribution in [3.8, 4) is 0 Å². The van der Waals surface area contributed by atoms with Crippen LogP contribution in [0.4, 0.5) is 5.82 Å². The van der Waals surface area contributed by atoms with Gasteiger partial charge in [-0.15, -0.1) is 0 Å². The lowest BCUT2D eigenvalue weighted by molar-refractivity contribution is 0.472. The number of thiocarbonyl (C=S) groups is 1. The van der Waals surface area contributed by atoms with Gasteiger partial charge in [0.25, 0.3) is 0 Å². The Hall–Kier alpha value is -0.750. The number of hydrogen-bond acceptors (Lipinski definition) is 4. The summed E-state index contributed by atoms with van der Waals surface area (Å²) in [7, 11) is 1.94. The molecule has 0 bridgehead atoms. The number of thioether (sulfide) groups is 1. The fourth-order valence-corrected chi connectivity index (χ4v) is 4.02. The lowest BCUT2D eigenvalue weighted by Gasteiger charge is -2.31. The Kier molecular flexibility index (Phi) is 4.73. The highest BCUT2D eigenvalue weighted by Crippen LogP contribution is 2.30. The number of anilines is 1. The first-order valence-corrected chi connectivity index (χ1v) is 8.37. The first kappa shape index (κ1) is 14.7. The molecule has 0 aromatic carbocycles. The minimum Gasteiger partial charge on any atom is -0.389 e. The fourth-order valence-electron chi connectivity index (χ4n) is 2.84. The second kappa shape index (κ2) is 6.13. The van der Waals surface area contributed by atoms with Crippen LogP contribution in [-0.4, -0.2) is 32.3 Å². The van der Waals surface area contributed by atoms with Crippen molar-refractivity contribution >= 4 is 34.8 Å². The van der Waals surface area contributed by atoms with Crippen LogP contribution in [0.25, 0.3) is 0 Å². The van der Waals surface area contributed by atoms with Gasteiger partial charge in [-0.2, -0.15) is 16.9 Å². The standard InChI is InChI=1S/C13H22N4S2/c1-8-11(12(14)18)13(17(2)16-8)15-9-6-4-5-7-10(9)19-3/h9-10,15H,4-7H2,1-3H3,(H2,14,18). The van der Waals surface area contributed by atoms with Gasteiger partial charge in [-0.25, -0.2) is 0 Å². The van der Waals surface area contributed by atoms with Crippen LogP contribution in [0.3, 0.4) is 0 Å². The molecule has 0 amide bonds. The molecule has 3 N–H and O–H groups in total. The largest absolute Gasteiger partial charge is 0.389 e. The molecule has 1 fully saturated rings. The molecule has 1 heterocycles. The molecule has 1 saturated carbocycles. The molecular formula is C13H22N4S2. The zero-order chi connectivity index (χ0) is 14.0. The first-order chi connectivity index (χ1) is 9.04. The summed E-state index contributed by atoms with van der Waals surface area (Å²) < 4.78 is 1.86. The molecule has 6 heteroatoms. The van der Waals surface area contributed by atoms with Gasteiger partial charge in [-0.05, 0) is 26.0 Å². The SMILES string of the molecule is CSC1CCCCC1Nc1c(C(N)=S)c(C)nn1C. The van der Waals surface area contributed by atoms with Crippen molar-refractivity contribution in [2.75, 3.05) is 11.6 Å². The lowest BCUT2D eigenvalue weighted by Crippen LogP contribution is -2.35. The Bertz CT molecular complexity index is 469. The predicted octanol–water partition coefficient (Wildman–Crippen LogP) is 2.45. The van der Waals surface area contributed by atoms with E-state index in [0.717, 1.165) is 17.1 Å². The third kappa shape index (κ3) is 3.05. The van der Waals surface area contributed by atoms with E-state index in [1.54, 1.807) is 0 Å². The van der Waals surface area contributed by atoms with Crippen LogP contribution in [0, 0.1) is 6.92 Å². The number of nitrogens with zero attached hydrogens (tertiary/aromatic N) is 2. The van der Waals surface area contributed by atoms with E-state index in [1.165, 1.54) is 25.7 Å². The third-order valence-corrected chi connectivity index (χ3v) is 5.17. The van der Waals surface area contributed by atoms with Gasteiger partial charge in [0.05, 0.1) is 11.3 Å². The molecule has 2 rings (SSSR count). The highest BCUT2D eigenvalue weighted by molar-refractivity contribution is 7.99. The Morgan fingerprint density at radius 2 is 2.16 bits per heavy atom. The summed E-state index contributed by atoms with van der Waals surface area (Å²) in [5.74, 6) is 0.968. The van der Waals surface area contributed by atoms with Crippen LogP contribution in [-0.2, 0) is 7.05 Å². The highest BCUT2D eigenvalue weighted by Gasteiger charge is 2.26. The summed E-state index contributed by atoms with van der Waals surface area (Å²) in [4.78, 5) is 0.421. The van der Waals surface area contributed by atoms with Gasteiger partial charge >= 0.3 is 0 Å². The molecule has 19 heavy (non-hydrogen) atoms. The van der Waals surface area contributed by atoms with E-state index >= 15 is 0 Å². The summed E-state index contributed by atoms with van der Waals surface area (Å²) in [6.45, 7) is 1.95. The maximum atomic E-state index is 5.83. The molecule has 0 radical (unpaired) electrons.